The maximum Gasteiger partial charge on any atom is 0.261 e. The van der Waals surface area contributed by atoms with E-state index in [1.165, 1.54) is 16.0 Å². The SMILES string of the molecule is CCC(C)(C)c1ccc(OCCCCN2C(=O)c3ccccc3C2=O)c(C(C)(C)CC)c1. The molecule has 0 fully saturated rings. The molecule has 0 radical (unpaired) electrons. The van der Waals surface area contributed by atoms with Crippen molar-refractivity contribution in [1.82, 2.24) is 4.90 Å². The molecule has 0 aromatic heterocycles. The maximum absolute atomic E-state index is 12.5. The summed E-state index contributed by atoms with van der Waals surface area (Å²) in [6, 6.07) is 13.7. The zero-order valence-corrected chi connectivity index (χ0v) is 20.5. The van der Waals surface area contributed by atoms with Gasteiger partial charge >= 0.3 is 0 Å². The molecule has 3 rings (SSSR count). The zero-order valence-electron chi connectivity index (χ0n) is 20.5. The van der Waals surface area contributed by atoms with Crippen LogP contribution in [0.1, 0.15) is 99.1 Å². The summed E-state index contributed by atoms with van der Waals surface area (Å²) in [5.74, 6) is 0.563. The van der Waals surface area contributed by atoms with Crippen molar-refractivity contribution in [3.63, 3.8) is 0 Å². The van der Waals surface area contributed by atoms with Crippen molar-refractivity contribution < 1.29 is 14.3 Å². The van der Waals surface area contributed by atoms with E-state index in [-0.39, 0.29) is 22.6 Å². The summed E-state index contributed by atoms with van der Waals surface area (Å²) >= 11 is 0. The summed E-state index contributed by atoms with van der Waals surface area (Å²) in [6.45, 7) is 14.5. The number of ether oxygens (including phenoxy) is 1. The van der Waals surface area contributed by atoms with Crippen molar-refractivity contribution in [2.75, 3.05) is 13.2 Å². The Balaban J connectivity index is 1.61. The Morgan fingerprint density at radius 3 is 1.97 bits per heavy atom. The first-order valence-electron chi connectivity index (χ1n) is 11.9. The van der Waals surface area contributed by atoms with Gasteiger partial charge in [-0.05, 0) is 60.3 Å². The van der Waals surface area contributed by atoms with E-state index in [4.69, 9.17) is 4.74 Å². The maximum atomic E-state index is 12.5. The summed E-state index contributed by atoms with van der Waals surface area (Å²) < 4.78 is 6.22. The molecule has 4 nitrogen and oxygen atoms in total. The van der Waals surface area contributed by atoms with Crippen molar-refractivity contribution in [3.8, 4) is 5.75 Å². The number of rotatable bonds is 10. The fourth-order valence-electron chi connectivity index (χ4n) is 4.00. The molecule has 2 amide bonds. The Bertz CT molecular complexity index is 955. The molecule has 1 aliphatic rings. The molecule has 0 atom stereocenters. The molecule has 4 heteroatoms. The molecular weight excluding hydrogens is 398 g/mol. The summed E-state index contributed by atoms with van der Waals surface area (Å²) in [5.41, 5.74) is 3.76. The van der Waals surface area contributed by atoms with Crippen LogP contribution in [0.5, 0.6) is 5.75 Å². The molecule has 0 N–H and O–H groups in total. The third kappa shape index (κ3) is 4.74. The molecular formula is C28H37NO3. The largest absolute Gasteiger partial charge is 0.493 e. The van der Waals surface area contributed by atoms with Crippen LogP contribution >= 0.6 is 0 Å². The summed E-state index contributed by atoms with van der Waals surface area (Å²) in [5, 5.41) is 0. The Kier molecular flexibility index (Phi) is 7.12. The number of amides is 2. The van der Waals surface area contributed by atoms with Crippen molar-refractivity contribution in [1.29, 1.82) is 0 Å². The summed E-state index contributed by atoms with van der Waals surface area (Å²) in [4.78, 5) is 26.3. The van der Waals surface area contributed by atoms with Crippen LogP contribution in [0.4, 0.5) is 0 Å². The molecule has 1 aliphatic heterocycles. The lowest BCUT2D eigenvalue weighted by molar-refractivity contribution is 0.0649. The Hall–Kier alpha value is -2.62. The van der Waals surface area contributed by atoms with E-state index in [1.54, 1.807) is 24.3 Å². The highest BCUT2D eigenvalue weighted by Gasteiger charge is 2.34. The molecule has 2 aromatic carbocycles. The average molecular weight is 436 g/mol. The highest BCUT2D eigenvalue weighted by atomic mass is 16.5. The number of unbranched alkanes of at least 4 members (excludes halogenated alkanes) is 1. The van der Waals surface area contributed by atoms with Gasteiger partial charge < -0.3 is 4.74 Å². The molecule has 2 aromatic rings. The lowest BCUT2D eigenvalue weighted by Gasteiger charge is -2.30. The first kappa shape index (κ1) is 24.0. The molecule has 0 aliphatic carbocycles. The van der Waals surface area contributed by atoms with Crippen LogP contribution in [0.2, 0.25) is 0 Å². The number of carbonyl (C=O) groups excluding carboxylic acids is 2. The van der Waals surface area contributed by atoms with Gasteiger partial charge in [-0.3, -0.25) is 14.5 Å². The van der Waals surface area contributed by atoms with E-state index in [0.717, 1.165) is 31.4 Å². The molecule has 0 unspecified atom stereocenters. The van der Waals surface area contributed by atoms with Gasteiger partial charge in [-0.1, -0.05) is 65.8 Å². The highest BCUT2D eigenvalue weighted by Crippen LogP contribution is 2.38. The Labute approximate surface area is 193 Å². The van der Waals surface area contributed by atoms with Crippen LogP contribution in [0.25, 0.3) is 0 Å². The lowest BCUT2D eigenvalue weighted by atomic mass is 9.76. The second-order valence-corrected chi connectivity index (χ2v) is 10.0. The van der Waals surface area contributed by atoms with Gasteiger partial charge in [0.25, 0.3) is 11.8 Å². The van der Waals surface area contributed by atoms with Gasteiger partial charge in [0.05, 0.1) is 17.7 Å². The van der Waals surface area contributed by atoms with E-state index in [9.17, 15) is 9.59 Å². The quantitative estimate of drug-likeness (QED) is 0.315. The molecule has 32 heavy (non-hydrogen) atoms. The van der Waals surface area contributed by atoms with Crippen LogP contribution in [0.15, 0.2) is 42.5 Å². The Morgan fingerprint density at radius 1 is 0.812 bits per heavy atom. The van der Waals surface area contributed by atoms with Crippen molar-refractivity contribution >= 4 is 11.8 Å². The van der Waals surface area contributed by atoms with Crippen molar-refractivity contribution in [2.24, 2.45) is 0 Å². The van der Waals surface area contributed by atoms with Gasteiger partial charge in [-0.2, -0.15) is 0 Å². The summed E-state index contributed by atoms with van der Waals surface area (Å²) in [6.07, 6.45) is 3.61. The molecule has 0 saturated heterocycles. The normalized spacial score (nSPS) is 14.1. The molecule has 0 spiro atoms. The predicted octanol–water partition coefficient (Wildman–Crippen LogP) is 6.52. The predicted molar refractivity (Wildman–Crippen MR) is 130 cm³/mol. The highest BCUT2D eigenvalue weighted by molar-refractivity contribution is 6.21. The standard InChI is InChI=1S/C28H37NO3/c1-7-27(3,4)20-15-16-24(23(19-20)28(5,6)8-2)32-18-12-11-17-29-25(30)21-13-9-10-14-22(21)26(29)31/h9-10,13-16,19H,7-8,11-12,17-18H2,1-6H3. The molecule has 1 heterocycles. The van der Waals surface area contributed by atoms with E-state index in [0.29, 0.717) is 24.3 Å². The van der Waals surface area contributed by atoms with Gasteiger partial charge in [0, 0.05) is 12.1 Å². The van der Waals surface area contributed by atoms with E-state index < -0.39 is 0 Å². The van der Waals surface area contributed by atoms with Crippen LogP contribution < -0.4 is 4.74 Å². The van der Waals surface area contributed by atoms with Gasteiger partial charge in [-0.25, -0.2) is 0 Å². The van der Waals surface area contributed by atoms with Crippen LogP contribution in [-0.2, 0) is 10.8 Å². The molecule has 0 bridgehead atoms. The van der Waals surface area contributed by atoms with E-state index in [1.807, 2.05) is 0 Å². The summed E-state index contributed by atoms with van der Waals surface area (Å²) in [7, 11) is 0. The number of nitrogens with zero attached hydrogens (tertiary/aromatic N) is 1. The first-order valence-corrected chi connectivity index (χ1v) is 11.9. The van der Waals surface area contributed by atoms with Crippen molar-refractivity contribution in [2.45, 2.75) is 78.1 Å². The number of benzene rings is 2. The number of imide groups is 1. The third-order valence-corrected chi connectivity index (χ3v) is 7.17. The second kappa shape index (κ2) is 9.48. The number of hydrogen-bond acceptors (Lipinski definition) is 3. The lowest BCUT2D eigenvalue weighted by Crippen LogP contribution is -2.30. The topological polar surface area (TPSA) is 46.6 Å². The smallest absolute Gasteiger partial charge is 0.261 e. The van der Waals surface area contributed by atoms with Crippen LogP contribution in [-0.4, -0.2) is 29.9 Å². The Morgan fingerprint density at radius 2 is 1.41 bits per heavy atom. The van der Waals surface area contributed by atoms with Gasteiger partial charge in [0.15, 0.2) is 0 Å². The monoisotopic (exact) mass is 435 g/mol. The fourth-order valence-corrected chi connectivity index (χ4v) is 4.00. The van der Waals surface area contributed by atoms with Gasteiger partial charge in [0.2, 0.25) is 0 Å². The van der Waals surface area contributed by atoms with Gasteiger partial charge in [-0.15, -0.1) is 0 Å². The zero-order chi connectivity index (χ0) is 23.5. The van der Waals surface area contributed by atoms with Crippen molar-refractivity contribution in [3.05, 3.63) is 64.7 Å². The second-order valence-electron chi connectivity index (χ2n) is 10.0. The van der Waals surface area contributed by atoms with Crippen LogP contribution in [0, 0.1) is 0 Å². The van der Waals surface area contributed by atoms with Crippen LogP contribution in [0.3, 0.4) is 0 Å². The average Bonchev–Trinajstić information content (AvgIpc) is 3.03. The minimum absolute atomic E-state index is 0.0231. The number of hydrogen-bond donors (Lipinski definition) is 0. The number of carbonyl (C=O) groups is 2. The minimum atomic E-state index is -0.187. The van der Waals surface area contributed by atoms with E-state index >= 15 is 0 Å². The third-order valence-electron chi connectivity index (χ3n) is 7.17. The van der Waals surface area contributed by atoms with E-state index in [2.05, 4.69) is 59.7 Å². The molecule has 172 valence electrons. The first-order chi connectivity index (χ1) is 15.1. The minimum Gasteiger partial charge on any atom is -0.493 e. The number of fused-ring (bicyclic) bond motifs is 1. The molecule has 0 saturated carbocycles. The fraction of sp³-hybridized carbons (Fsp3) is 0.500. The van der Waals surface area contributed by atoms with Gasteiger partial charge in [0.1, 0.15) is 5.75 Å².